The Morgan fingerprint density at radius 2 is 2.06 bits per heavy atom. The minimum absolute atomic E-state index is 0.0942. The van der Waals surface area contributed by atoms with Gasteiger partial charge in [-0.1, -0.05) is 0 Å². The molecule has 0 spiro atoms. The maximum Gasteiger partial charge on any atom is 0.213 e. The molecule has 4 heterocycles. The normalized spacial score (nSPS) is 23.9. The third kappa shape index (κ3) is 4.00. The summed E-state index contributed by atoms with van der Waals surface area (Å²) >= 11 is 0. The summed E-state index contributed by atoms with van der Waals surface area (Å²) in [4.78, 5) is 6.84. The van der Waals surface area contributed by atoms with E-state index in [0.29, 0.717) is 24.3 Å². The smallest absolute Gasteiger partial charge is 0.213 e. The number of nitrogens with zero attached hydrogens (tertiary/aromatic N) is 2. The van der Waals surface area contributed by atoms with Crippen LogP contribution in [-0.4, -0.2) is 63.5 Å². The van der Waals surface area contributed by atoms with Crippen molar-refractivity contribution in [3.05, 3.63) is 53.5 Å². The van der Waals surface area contributed by atoms with Crippen LogP contribution in [0.2, 0.25) is 0 Å². The molecule has 7 nitrogen and oxygen atoms in total. The summed E-state index contributed by atoms with van der Waals surface area (Å²) in [6.45, 7) is 4.78. The zero-order valence-electron chi connectivity index (χ0n) is 18.4. The van der Waals surface area contributed by atoms with E-state index in [2.05, 4.69) is 26.6 Å². The van der Waals surface area contributed by atoms with Crippen LogP contribution in [0.4, 0.5) is 10.1 Å². The monoisotopic (exact) mass is 440 g/mol. The van der Waals surface area contributed by atoms with Crippen LogP contribution in [0.1, 0.15) is 17.2 Å². The molecule has 0 aliphatic carbocycles. The molecule has 3 aliphatic rings. The van der Waals surface area contributed by atoms with E-state index in [1.165, 1.54) is 7.11 Å². The number of anilines is 1. The summed E-state index contributed by atoms with van der Waals surface area (Å²) in [7, 11) is 3.37. The summed E-state index contributed by atoms with van der Waals surface area (Å²) in [5.74, 6) is 1.54. The molecule has 2 saturated heterocycles. The van der Waals surface area contributed by atoms with Crippen LogP contribution < -0.4 is 20.1 Å². The number of likely N-dealkylation sites (tertiary alicyclic amines) is 1. The van der Waals surface area contributed by atoms with Crippen LogP contribution in [0.3, 0.4) is 0 Å². The van der Waals surface area contributed by atoms with E-state index in [1.54, 1.807) is 12.1 Å². The third-order valence-corrected chi connectivity index (χ3v) is 6.50. The molecular formula is C24H29FN4O3. The lowest BCUT2D eigenvalue weighted by Crippen LogP contribution is -2.26. The van der Waals surface area contributed by atoms with E-state index >= 15 is 0 Å². The van der Waals surface area contributed by atoms with Crippen LogP contribution in [0.25, 0.3) is 5.70 Å². The summed E-state index contributed by atoms with van der Waals surface area (Å²) in [6.07, 6.45) is 4.01. The van der Waals surface area contributed by atoms with E-state index in [-0.39, 0.29) is 17.6 Å². The zero-order valence-corrected chi connectivity index (χ0v) is 18.4. The van der Waals surface area contributed by atoms with Gasteiger partial charge in [-0.15, -0.1) is 0 Å². The molecule has 32 heavy (non-hydrogen) atoms. The van der Waals surface area contributed by atoms with Crippen LogP contribution in [0.15, 0.2) is 36.5 Å². The second-order valence-corrected chi connectivity index (χ2v) is 8.55. The largest absolute Gasteiger partial charge is 0.494 e. The Morgan fingerprint density at radius 1 is 1.25 bits per heavy atom. The molecule has 5 rings (SSSR count). The first-order valence-corrected chi connectivity index (χ1v) is 11.1. The Morgan fingerprint density at radius 3 is 2.75 bits per heavy atom. The van der Waals surface area contributed by atoms with E-state index < -0.39 is 0 Å². The lowest BCUT2D eigenvalue weighted by Gasteiger charge is -2.32. The fraction of sp³-hybridized carbons (Fsp3) is 0.458. The van der Waals surface area contributed by atoms with Gasteiger partial charge in [-0.3, -0.25) is 0 Å². The number of ether oxygens (including phenoxy) is 3. The average molecular weight is 441 g/mol. The standard InChI is InChI=1S/C24H29FN4O3/c1-26-5-6-32-24-4-3-15(10-27-24)20-8-22(29-11-16-13-31-14-17(16)12-29)18-7-19(25)23(30-2)9-21(18)28-20/h3-4,7-10,16-17,20,26,28H,5-6,11-14H2,1-2H3. The van der Waals surface area contributed by atoms with Gasteiger partial charge in [0, 0.05) is 66.7 Å². The number of aromatic nitrogens is 1. The number of hydrogen-bond acceptors (Lipinski definition) is 7. The van der Waals surface area contributed by atoms with Crippen LogP contribution in [0.5, 0.6) is 11.6 Å². The van der Waals surface area contributed by atoms with Gasteiger partial charge >= 0.3 is 0 Å². The molecule has 1 aromatic heterocycles. The summed E-state index contributed by atoms with van der Waals surface area (Å²) < 4.78 is 31.1. The highest BCUT2D eigenvalue weighted by Crippen LogP contribution is 2.43. The van der Waals surface area contributed by atoms with Crippen molar-refractivity contribution in [1.29, 1.82) is 0 Å². The first-order valence-electron chi connectivity index (χ1n) is 11.1. The first kappa shape index (κ1) is 21.0. The number of rotatable bonds is 7. The Labute approximate surface area is 187 Å². The van der Waals surface area contributed by atoms with Gasteiger partial charge in [0.25, 0.3) is 0 Å². The Balaban J connectivity index is 1.45. The summed E-state index contributed by atoms with van der Waals surface area (Å²) in [6, 6.07) is 7.13. The van der Waals surface area contributed by atoms with E-state index in [1.807, 2.05) is 25.4 Å². The highest BCUT2D eigenvalue weighted by molar-refractivity contribution is 5.81. The van der Waals surface area contributed by atoms with Crippen molar-refractivity contribution in [2.75, 3.05) is 58.9 Å². The van der Waals surface area contributed by atoms with E-state index in [4.69, 9.17) is 14.2 Å². The van der Waals surface area contributed by atoms with E-state index in [0.717, 1.165) is 55.4 Å². The lowest BCUT2D eigenvalue weighted by atomic mass is 9.97. The van der Waals surface area contributed by atoms with Crippen LogP contribution in [-0.2, 0) is 4.74 Å². The van der Waals surface area contributed by atoms with Gasteiger partial charge in [0.05, 0.1) is 26.4 Å². The van der Waals surface area contributed by atoms with Crippen molar-refractivity contribution in [3.63, 3.8) is 0 Å². The Kier molecular flexibility index (Phi) is 5.89. The lowest BCUT2D eigenvalue weighted by molar-refractivity contribution is 0.165. The molecule has 1 aromatic carbocycles. The SMILES string of the molecule is CNCCOc1ccc(C2C=C(N3CC4COCC4C3)c3cc(F)c(OC)cc3N2)cn1. The number of halogens is 1. The van der Waals surface area contributed by atoms with Gasteiger partial charge in [0.1, 0.15) is 6.61 Å². The number of hydrogen-bond donors (Lipinski definition) is 2. The van der Waals surface area contributed by atoms with Crippen LogP contribution in [0, 0.1) is 17.7 Å². The molecule has 0 radical (unpaired) electrons. The maximum atomic E-state index is 14.6. The second kappa shape index (κ2) is 8.96. The predicted molar refractivity (Wildman–Crippen MR) is 120 cm³/mol. The Hall–Kier alpha value is -2.84. The first-order chi connectivity index (χ1) is 15.7. The van der Waals surface area contributed by atoms with Crippen LogP contribution >= 0.6 is 0 Å². The molecule has 3 aliphatic heterocycles. The molecule has 2 aromatic rings. The predicted octanol–water partition coefficient (Wildman–Crippen LogP) is 2.91. The summed E-state index contributed by atoms with van der Waals surface area (Å²) in [5, 5.41) is 6.58. The van der Waals surface area contributed by atoms with Crippen molar-refractivity contribution in [2.45, 2.75) is 6.04 Å². The molecule has 0 saturated carbocycles. The van der Waals surface area contributed by atoms with Gasteiger partial charge < -0.3 is 29.7 Å². The molecule has 2 fully saturated rings. The number of methoxy groups -OCH3 is 1. The maximum absolute atomic E-state index is 14.6. The summed E-state index contributed by atoms with van der Waals surface area (Å²) in [5.41, 5.74) is 3.78. The molecule has 0 amide bonds. The molecule has 0 bridgehead atoms. The fourth-order valence-corrected chi connectivity index (χ4v) is 4.76. The van der Waals surface area contributed by atoms with Crippen molar-refractivity contribution in [1.82, 2.24) is 15.2 Å². The zero-order chi connectivity index (χ0) is 22.1. The number of fused-ring (bicyclic) bond motifs is 2. The second-order valence-electron chi connectivity index (χ2n) is 8.55. The highest BCUT2D eigenvalue weighted by Gasteiger charge is 2.39. The highest BCUT2D eigenvalue weighted by atomic mass is 19.1. The quantitative estimate of drug-likeness (QED) is 0.642. The van der Waals surface area contributed by atoms with Crippen molar-refractivity contribution in [2.24, 2.45) is 11.8 Å². The van der Waals surface area contributed by atoms with Gasteiger partial charge in [-0.2, -0.15) is 0 Å². The van der Waals surface area contributed by atoms with E-state index in [9.17, 15) is 4.39 Å². The average Bonchev–Trinajstić information content (AvgIpc) is 3.41. The molecule has 2 N–H and O–H groups in total. The van der Waals surface area contributed by atoms with Gasteiger partial charge in [-0.05, 0) is 30.8 Å². The topological polar surface area (TPSA) is 67.9 Å². The fourth-order valence-electron chi connectivity index (χ4n) is 4.76. The Bertz CT molecular complexity index is 985. The molecule has 8 heteroatoms. The number of likely N-dealkylation sites (N-methyl/N-ethyl adjacent to an activating group) is 1. The molecular weight excluding hydrogens is 411 g/mol. The van der Waals surface area contributed by atoms with Gasteiger partial charge in [0.15, 0.2) is 11.6 Å². The van der Waals surface area contributed by atoms with Crippen molar-refractivity contribution >= 4 is 11.4 Å². The number of benzene rings is 1. The van der Waals surface area contributed by atoms with Gasteiger partial charge in [0.2, 0.25) is 5.88 Å². The molecule has 3 atom stereocenters. The van der Waals surface area contributed by atoms with Crippen molar-refractivity contribution in [3.8, 4) is 11.6 Å². The molecule has 170 valence electrons. The minimum Gasteiger partial charge on any atom is -0.494 e. The number of nitrogens with one attached hydrogen (secondary N) is 2. The van der Waals surface area contributed by atoms with Gasteiger partial charge in [-0.25, -0.2) is 9.37 Å². The minimum atomic E-state index is -0.357. The number of pyridine rings is 1. The third-order valence-electron chi connectivity index (χ3n) is 6.50. The molecule has 3 unspecified atom stereocenters. The van der Waals surface area contributed by atoms with Crippen molar-refractivity contribution < 1.29 is 18.6 Å².